The van der Waals surface area contributed by atoms with Crippen LogP contribution in [0.1, 0.15) is 82.3 Å². The standard InChI is InChI=1S/C22H34N2O/c1-2-3-4-5-6-7-8-9-10-18-11-13-19(14-12-18)17-20(25)22(15-16-22)21(23)24/h11-14H,2-10,15-17H2,1H3,(H3,23,24). The highest BCUT2D eigenvalue weighted by atomic mass is 16.1. The van der Waals surface area contributed by atoms with Gasteiger partial charge in [-0.05, 0) is 36.8 Å². The lowest BCUT2D eigenvalue weighted by atomic mass is 9.93. The number of nitrogens with one attached hydrogen (secondary N) is 1. The minimum atomic E-state index is -0.629. The molecule has 1 aliphatic rings. The molecule has 1 aliphatic carbocycles. The molecule has 1 aromatic carbocycles. The predicted octanol–water partition coefficient (Wildman–Crippen LogP) is 5.20. The van der Waals surface area contributed by atoms with E-state index in [0.717, 1.165) is 24.8 Å². The first-order valence-electron chi connectivity index (χ1n) is 10.0. The van der Waals surface area contributed by atoms with Crippen molar-refractivity contribution in [3.63, 3.8) is 0 Å². The average Bonchev–Trinajstić information content (AvgIpc) is 3.41. The SMILES string of the molecule is CCCCCCCCCCc1ccc(CC(=O)C2(C(=N)N)CC2)cc1. The van der Waals surface area contributed by atoms with E-state index in [2.05, 4.69) is 31.2 Å². The van der Waals surface area contributed by atoms with E-state index in [1.54, 1.807) is 0 Å². The number of carbonyl (C=O) groups is 1. The second kappa shape index (κ2) is 9.74. The Bertz CT molecular complexity index is 558. The third-order valence-corrected chi connectivity index (χ3v) is 5.51. The van der Waals surface area contributed by atoms with Crippen molar-refractivity contribution >= 4 is 11.6 Å². The zero-order valence-electron chi connectivity index (χ0n) is 15.8. The zero-order chi connectivity index (χ0) is 18.1. The van der Waals surface area contributed by atoms with Crippen molar-refractivity contribution in [2.24, 2.45) is 11.1 Å². The molecule has 1 aromatic rings. The summed E-state index contributed by atoms with van der Waals surface area (Å²) in [6, 6.07) is 8.43. The van der Waals surface area contributed by atoms with Gasteiger partial charge in [-0.1, -0.05) is 76.1 Å². The minimum absolute atomic E-state index is 0.0452. The van der Waals surface area contributed by atoms with Gasteiger partial charge in [-0.3, -0.25) is 10.2 Å². The van der Waals surface area contributed by atoms with Gasteiger partial charge >= 0.3 is 0 Å². The van der Waals surface area contributed by atoms with Crippen molar-refractivity contribution in [1.29, 1.82) is 5.41 Å². The van der Waals surface area contributed by atoms with E-state index in [1.807, 2.05) is 0 Å². The lowest BCUT2D eigenvalue weighted by molar-refractivity contribution is -0.121. The molecule has 138 valence electrons. The van der Waals surface area contributed by atoms with Crippen LogP contribution in [0, 0.1) is 10.8 Å². The monoisotopic (exact) mass is 342 g/mol. The molecule has 0 heterocycles. The summed E-state index contributed by atoms with van der Waals surface area (Å²) in [5.74, 6) is 0.152. The molecule has 3 heteroatoms. The molecule has 1 saturated carbocycles. The van der Waals surface area contributed by atoms with Crippen LogP contribution in [-0.4, -0.2) is 11.6 Å². The van der Waals surface area contributed by atoms with Gasteiger partial charge in [0.05, 0.1) is 5.41 Å². The number of amidine groups is 1. The van der Waals surface area contributed by atoms with Gasteiger partial charge < -0.3 is 5.73 Å². The van der Waals surface area contributed by atoms with Crippen LogP contribution in [0.15, 0.2) is 24.3 Å². The summed E-state index contributed by atoms with van der Waals surface area (Å²) in [7, 11) is 0. The third-order valence-electron chi connectivity index (χ3n) is 5.51. The van der Waals surface area contributed by atoms with E-state index in [9.17, 15) is 4.79 Å². The summed E-state index contributed by atoms with van der Waals surface area (Å²) in [4.78, 5) is 12.3. The number of hydrogen-bond acceptors (Lipinski definition) is 2. The maximum atomic E-state index is 12.3. The van der Waals surface area contributed by atoms with Crippen molar-refractivity contribution in [2.45, 2.75) is 84.0 Å². The number of Topliss-reactive ketones (excluding diaryl/α,β-unsaturated/α-hetero) is 1. The van der Waals surface area contributed by atoms with Gasteiger partial charge in [-0.25, -0.2) is 0 Å². The number of benzene rings is 1. The van der Waals surface area contributed by atoms with E-state index in [-0.39, 0.29) is 11.6 Å². The predicted molar refractivity (Wildman–Crippen MR) is 105 cm³/mol. The van der Waals surface area contributed by atoms with Gasteiger partial charge in [0.1, 0.15) is 5.84 Å². The number of rotatable bonds is 13. The lowest BCUT2D eigenvalue weighted by Gasteiger charge is -2.12. The van der Waals surface area contributed by atoms with Crippen LogP contribution in [0.3, 0.4) is 0 Å². The van der Waals surface area contributed by atoms with Gasteiger partial charge in [0.2, 0.25) is 0 Å². The highest BCUT2D eigenvalue weighted by molar-refractivity contribution is 6.09. The molecular weight excluding hydrogens is 308 g/mol. The fraction of sp³-hybridized carbons (Fsp3) is 0.636. The minimum Gasteiger partial charge on any atom is -0.387 e. The molecule has 0 radical (unpaired) electrons. The molecule has 0 unspecified atom stereocenters. The molecule has 0 amide bonds. The Morgan fingerprint density at radius 3 is 2.00 bits per heavy atom. The zero-order valence-corrected chi connectivity index (χ0v) is 15.8. The smallest absolute Gasteiger partial charge is 0.150 e. The van der Waals surface area contributed by atoms with Crippen molar-refractivity contribution in [3.05, 3.63) is 35.4 Å². The van der Waals surface area contributed by atoms with E-state index in [0.29, 0.717) is 6.42 Å². The number of aryl methyl sites for hydroxylation is 1. The quantitative estimate of drug-likeness (QED) is 0.294. The molecule has 1 fully saturated rings. The largest absolute Gasteiger partial charge is 0.387 e. The highest BCUT2D eigenvalue weighted by Crippen LogP contribution is 2.47. The first-order valence-corrected chi connectivity index (χ1v) is 10.0. The summed E-state index contributed by atoms with van der Waals surface area (Å²) in [6.45, 7) is 2.26. The van der Waals surface area contributed by atoms with Crippen LogP contribution in [0.25, 0.3) is 0 Å². The summed E-state index contributed by atoms with van der Waals surface area (Å²) in [6.07, 6.45) is 13.8. The van der Waals surface area contributed by atoms with Crippen LogP contribution in [0.2, 0.25) is 0 Å². The molecule has 3 nitrogen and oxygen atoms in total. The summed E-state index contributed by atoms with van der Waals surface area (Å²) >= 11 is 0. The van der Waals surface area contributed by atoms with Gasteiger partial charge in [-0.2, -0.15) is 0 Å². The summed E-state index contributed by atoms with van der Waals surface area (Å²) in [5, 5.41) is 7.60. The van der Waals surface area contributed by atoms with Gasteiger partial charge in [0.15, 0.2) is 5.78 Å². The van der Waals surface area contributed by atoms with E-state index < -0.39 is 5.41 Å². The Kier molecular flexibility index (Phi) is 7.67. The van der Waals surface area contributed by atoms with Crippen LogP contribution in [0.5, 0.6) is 0 Å². The molecule has 0 saturated heterocycles. The van der Waals surface area contributed by atoms with Crippen molar-refractivity contribution in [1.82, 2.24) is 0 Å². The molecular formula is C22H34N2O. The van der Waals surface area contributed by atoms with Gasteiger partial charge in [0.25, 0.3) is 0 Å². The number of hydrogen-bond donors (Lipinski definition) is 2. The molecule has 0 atom stereocenters. The number of nitrogens with two attached hydrogens (primary N) is 1. The Morgan fingerprint density at radius 1 is 0.960 bits per heavy atom. The normalized spacial score (nSPS) is 15.1. The average molecular weight is 343 g/mol. The molecule has 3 N–H and O–H groups in total. The van der Waals surface area contributed by atoms with Gasteiger partial charge in [0, 0.05) is 6.42 Å². The Hall–Kier alpha value is -1.64. The Balaban J connectivity index is 1.65. The molecule has 25 heavy (non-hydrogen) atoms. The molecule has 0 aliphatic heterocycles. The van der Waals surface area contributed by atoms with E-state index >= 15 is 0 Å². The van der Waals surface area contributed by atoms with Gasteiger partial charge in [-0.15, -0.1) is 0 Å². The Morgan fingerprint density at radius 2 is 1.48 bits per heavy atom. The summed E-state index contributed by atoms with van der Waals surface area (Å²) in [5.41, 5.74) is 7.35. The van der Waals surface area contributed by atoms with Crippen molar-refractivity contribution in [2.75, 3.05) is 0 Å². The molecule has 0 bridgehead atoms. The molecule has 0 aromatic heterocycles. The first-order chi connectivity index (χ1) is 12.1. The fourth-order valence-corrected chi connectivity index (χ4v) is 3.46. The van der Waals surface area contributed by atoms with Crippen LogP contribution in [-0.2, 0) is 17.6 Å². The number of carbonyl (C=O) groups excluding carboxylic acids is 1. The highest BCUT2D eigenvalue weighted by Gasteiger charge is 2.52. The van der Waals surface area contributed by atoms with Crippen molar-refractivity contribution < 1.29 is 4.79 Å². The number of unbranched alkanes of at least 4 members (excludes halogenated alkanes) is 7. The maximum absolute atomic E-state index is 12.3. The van der Waals surface area contributed by atoms with Crippen LogP contribution >= 0.6 is 0 Å². The van der Waals surface area contributed by atoms with E-state index in [1.165, 1.54) is 56.9 Å². The van der Waals surface area contributed by atoms with Crippen LogP contribution in [0.4, 0.5) is 0 Å². The summed E-state index contributed by atoms with van der Waals surface area (Å²) < 4.78 is 0. The third kappa shape index (κ3) is 5.98. The van der Waals surface area contributed by atoms with Crippen molar-refractivity contribution in [3.8, 4) is 0 Å². The second-order valence-corrected chi connectivity index (χ2v) is 7.64. The molecule has 0 spiro atoms. The fourth-order valence-electron chi connectivity index (χ4n) is 3.46. The molecule has 2 rings (SSSR count). The first kappa shape index (κ1) is 19.7. The van der Waals surface area contributed by atoms with E-state index in [4.69, 9.17) is 11.1 Å². The maximum Gasteiger partial charge on any atom is 0.150 e. The topological polar surface area (TPSA) is 66.9 Å². The Labute approximate surface area is 152 Å². The lowest BCUT2D eigenvalue weighted by Crippen LogP contribution is -2.32. The number of ketones is 1. The second-order valence-electron chi connectivity index (χ2n) is 7.64. The van der Waals surface area contributed by atoms with Crippen LogP contribution < -0.4 is 5.73 Å².